The summed E-state index contributed by atoms with van der Waals surface area (Å²) >= 11 is 0. The van der Waals surface area contributed by atoms with Gasteiger partial charge in [0.1, 0.15) is 0 Å². The van der Waals surface area contributed by atoms with E-state index < -0.39 is 0 Å². The molecular weight excluding hydrogens is 1460 g/mol. The van der Waals surface area contributed by atoms with Crippen LogP contribution in [0.4, 0.5) is 0 Å². The van der Waals surface area contributed by atoms with Gasteiger partial charge in [0, 0.05) is 18.8 Å². The third-order valence-electron chi connectivity index (χ3n) is 11.6. The van der Waals surface area contributed by atoms with Crippen molar-refractivity contribution in [2.45, 2.75) is 293 Å². The maximum Gasteiger partial charge on any atom is 1.00 e. The monoisotopic (exact) mass is 1610 g/mol. The Morgan fingerprint density at radius 3 is 0.860 bits per heavy atom. The number of amidine groups is 6. The van der Waals surface area contributed by atoms with Crippen molar-refractivity contribution >= 4 is 35.0 Å². The third kappa shape index (κ3) is 98.2. The first-order chi connectivity index (χ1) is 39.2. The molecule has 0 rings (SSSR count). The minimum Gasteiger partial charge on any atom is -0.468 e. The number of nitrogens with zero attached hydrogens (tertiary/aromatic N) is 18. The molecule has 0 amide bonds. The van der Waals surface area contributed by atoms with Crippen LogP contribution in [0.2, 0.25) is 0 Å². The molecule has 4 unspecified atom stereocenters. The molecule has 93 heavy (non-hydrogen) atoms. The van der Waals surface area contributed by atoms with Gasteiger partial charge in [0.15, 0.2) is 0 Å². The molecule has 0 fully saturated rings. The average Bonchev–Trinajstić information content (AvgIpc) is 3.29. The molecule has 18 nitrogen and oxygen atoms in total. The van der Waals surface area contributed by atoms with Crippen molar-refractivity contribution in [3.63, 3.8) is 0 Å². The van der Waals surface area contributed by atoms with Gasteiger partial charge >= 0.3 is 102 Å². The fraction of sp³-hybridized carbons (Fsp3) is 0.913. The summed E-state index contributed by atoms with van der Waals surface area (Å²) in [4.78, 5) is 40.4. The Morgan fingerprint density at radius 1 is 0.333 bits per heavy atom. The van der Waals surface area contributed by atoms with E-state index in [1.807, 2.05) is 55.6 Å². The normalized spacial score (nSPS) is 14.0. The van der Waals surface area contributed by atoms with E-state index in [4.69, 9.17) is 0 Å². The Hall–Kier alpha value is -0.303. The van der Waals surface area contributed by atoms with Gasteiger partial charge in [-0.3, -0.25) is 0 Å². The van der Waals surface area contributed by atoms with Crippen LogP contribution >= 0.6 is 0 Å². The number of rotatable bonds is 23. The minimum atomic E-state index is -0.0253. The van der Waals surface area contributed by atoms with Crippen LogP contribution in [0.1, 0.15) is 235 Å². The van der Waals surface area contributed by atoms with Crippen molar-refractivity contribution in [1.29, 1.82) is 0 Å². The van der Waals surface area contributed by atoms with Crippen LogP contribution < -0.4 is 0 Å². The van der Waals surface area contributed by atoms with Gasteiger partial charge in [-0.2, -0.15) is 0 Å². The number of hydrogen-bond acceptors (Lipinski definition) is 12. The van der Waals surface area contributed by atoms with Gasteiger partial charge in [-0.15, -0.1) is 0 Å². The molecule has 582 valence electrons. The molecule has 0 aliphatic carbocycles. The first kappa shape index (κ1) is 120. The summed E-state index contributed by atoms with van der Waals surface area (Å²) in [7, 11) is 12.3. The summed E-state index contributed by atoms with van der Waals surface area (Å²) in [6, 6.07) is 1.61. The summed E-state index contributed by atoms with van der Waals surface area (Å²) in [5.74, 6) is 5.40. The molecule has 0 N–H and O–H groups in total. The Labute approximate surface area is 643 Å². The molecule has 0 saturated carbocycles. The summed E-state index contributed by atoms with van der Waals surface area (Å²) in [5.41, 5.74) is -0.114. The fourth-order valence-corrected chi connectivity index (χ4v) is 7.91. The van der Waals surface area contributed by atoms with Crippen LogP contribution in [-0.4, -0.2) is 249 Å². The van der Waals surface area contributed by atoms with Gasteiger partial charge in [0.2, 0.25) is 0 Å². The van der Waals surface area contributed by atoms with Crippen LogP contribution in [0.15, 0.2) is 30.0 Å². The van der Waals surface area contributed by atoms with Gasteiger partial charge in [0.25, 0.3) is 0 Å². The van der Waals surface area contributed by atoms with E-state index >= 15 is 0 Å². The maximum atomic E-state index is 4.61. The first-order valence-corrected chi connectivity index (χ1v) is 32.9. The molecule has 0 aromatic rings. The zero-order valence-corrected chi connectivity index (χ0v) is 73.0. The van der Waals surface area contributed by atoms with Gasteiger partial charge in [-0.25, -0.2) is 0 Å². The third-order valence-corrected chi connectivity index (χ3v) is 11.6. The minimum absolute atomic E-state index is 0. The molecule has 24 heteroatoms. The van der Waals surface area contributed by atoms with Crippen LogP contribution in [0, 0.1) is 0 Å². The summed E-state index contributed by atoms with van der Waals surface area (Å²) in [6.07, 6.45) is 0. The summed E-state index contributed by atoms with van der Waals surface area (Å²) in [6.45, 7) is 83.8. The van der Waals surface area contributed by atoms with Crippen molar-refractivity contribution in [2.24, 2.45) is 30.0 Å². The molecule has 4 atom stereocenters. The summed E-state index contributed by atoms with van der Waals surface area (Å²) < 4.78 is 0. The molecule has 0 saturated heterocycles. The second-order valence-electron chi connectivity index (χ2n) is 29.5. The van der Waals surface area contributed by atoms with Crippen LogP contribution in [-0.2, 0) is 102 Å². The molecule has 0 radical (unpaired) electrons. The second-order valence-corrected chi connectivity index (χ2v) is 29.5. The first-order valence-electron chi connectivity index (χ1n) is 32.9. The van der Waals surface area contributed by atoms with E-state index in [1.54, 1.807) is 0 Å². The molecule has 0 aliphatic rings. The predicted molar refractivity (Wildman–Crippen MR) is 399 cm³/mol. The largest absolute Gasteiger partial charge is 1.00 e. The smallest absolute Gasteiger partial charge is 0.468 e. The van der Waals surface area contributed by atoms with Crippen molar-refractivity contribution in [2.75, 3.05) is 127 Å². The van der Waals surface area contributed by atoms with Crippen LogP contribution in [0.5, 0.6) is 0 Å². The van der Waals surface area contributed by atoms with Crippen molar-refractivity contribution in [3.8, 4) is 0 Å². The molecule has 0 bridgehead atoms. The van der Waals surface area contributed by atoms with Crippen LogP contribution in [0.25, 0.3) is 31.9 Å². The number of hydrogen-bond donors (Lipinski definition) is 0. The van der Waals surface area contributed by atoms with Gasteiger partial charge < -0.3 is 91.3 Å². The molecule has 0 aromatic carbocycles. The predicted octanol–water partition coefficient (Wildman–Crippen LogP) is 16.7. The number of likely N-dealkylation sites (N-methyl/N-ethyl adjacent to an activating group) is 5. The van der Waals surface area contributed by atoms with Crippen molar-refractivity contribution in [3.05, 3.63) is 31.9 Å². The van der Waals surface area contributed by atoms with E-state index in [-0.39, 0.29) is 136 Å². The van der Waals surface area contributed by atoms with Gasteiger partial charge in [0.05, 0.1) is 0 Å². The van der Waals surface area contributed by atoms with Crippen LogP contribution in [0.3, 0.4) is 0 Å². The van der Waals surface area contributed by atoms with E-state index in [1.165, 1.54) is 0 Å². The van der Waals surface area contributed by atoms with Gasteiger partial charge in [-0.05, 0) is 222 Å². The van der Waals surface area contributed by atoms with E-state index in [0.29, 0.717) is 24.2 Å². The Balaban J connectivity index is -0.0000000837. The molecule has 0 spiro atoms. The Morgan fingerprint density at radius 2 is 0.602 bits per heavy atom. The maximum absolute atomic E-state index is 4.61. The molecule has 0 aromatic heterocycles. The average molecular weight is 1610 g/mol. The molecular formula is C69H150Cu6N18. The van der Waals surface area contributed by atoms with E-state index in [2.05, 4.69) is 313 Å². The van der Waals surface area contributed by atoms with Gasteiger partial charge in [-0.1, -0.05) is 215 Å². The Kier molecular flexibility index (Phi) is 82.2. The fourth-order valence-electron chi connectivity index (χ4n) is 7.91. The standard InChI is InChI=1S/2C13H28N3.3C11H24N3.C10H22N3.6Cu/c1-8-16(9-2)10-11(3)14-12(4)15-13(5,6)7;1-8-16(9-2)11(3)10-14-12(4)15-13(5,6)7;1-9(8-14(6)7)12-10(2)13-11(3,4)5;1-9(14(6)7)8-12-10(2)13-11(3,4)5;1-7-14(8-2)9-12-10(3)13-11(4,5)6;1-9(12-10(2,3)4)11-7-8-13(5)6;;;;;;/h2*11H,8-10H2,1-7H3;2*9H,8H2,1-7H3;7-9H2,1-6H3;7-8H2,1-6H3;;;;;;/q6*-1;6*+1. The van der Waals surface area contributed by atoms with Crippen molar-refractivity contribution in [1.82, 2.24) is 29.4 Å². The summed E-state index contributed by atoms with van der Waals surface area (Å²) in [5, 5.41) is 26.9. The second kappa shape index (κ2) is 63.8. The quantitative estimate of drug-likeness (QED) is 0.0558. The van der Waals surface area contributed by atoms with Crippen molar-refractivity contribution < 1.29 is 102 Å². The topological polar surface area (TPSA) is 178 Å². The zero-order chi connectivity index (χ0) is 69.9. The SMILES string of the molecule is CC(=NC(C)(C)C)[N-]C(C)CN(C)C.CC(=NC(C)(C)C)[N-]CC(C)N(C)C.CC(=NC(C)(C)C)[N-]CCN(C)C.CCN(CC)C(C)C[N-]C(C)=NC(C)(C)C.CCN(CC)CC(C)[N-]C(C)=NC(C)(C)C.CCN(CC)C[N-]C(C)=NC(C)(C)C.[Cu+].[Cu+].[Cu+].[Cu+].[Cu+].[Cu+]. The number of aliphatic imine (C=N–C) groups is 6. The Bertz CT molecular complexity index is 1830. The zero-order valence-electron chi connectivity index (χ0n) is 67.4. The van der Waals surface area contributed by atoms with E-state index in [0.717, 1.165) is 120 Å². The molecule has 0 aliphatic heterocycles. The van der Waals surface area contributed by atoms with E-state index in [9.17, 15) is 0 Å². The molecule has 0 heterocycles.